The highest BCUT2D eigenvalue weighted by molar-refractivity contribution is 5.77. The summed E-state index contributed by atoms with van der Waals surface area (Å²) < 4.78 is 0. The van der Waals surface area contributed by atoms with E-state index < -0.39 is 11.5 Å². The van der Waals surface area contributed by atoms with Crippen LogP contribution in [-0.2, 0) is 11.2 Å². The Morgan fingerprint density at radius 2 is 2.19 bits per heavy atom. The summed E-state index contributed by atoms with van der Waals surface area (Å²) in [5.74, 6) is -0.809. The Balaban J connectivity index is 2.53. The number of hydrogen-bond donors (Lipinski definition) is 1. The number of rotatable bonds is 5. The van der Waals surface area contributed by atoms with Crippen molar-refractivity contribution >= 4 is 5.97 Å². The number of aromatic nitrogens is 1. The first-order valence-corrected chi connectivity index (χ1v) is 5.29. The standard InChI is InChI=1S/C12H18N2O2/c1-12(2,11(15)16)14(3)9-7-10-6-4-5-8-13-10/h4-6,8H,7,9H2,1-3H3,(H,15,16). The lowest BCUT2D eigenvalue weighted by Gasteiger charge is -2.31. The maximum absolute atomic E-state index is 11.0. The summed E-state index contributed by atoms with van der Waals surface area (Å²) in [4.78, 5) is 17.0. The molecule has 0 atom stereocenters. The average Bonchev–Trinajstić information content (AvgIpc) is 2.27. The molecular formula is C12H18N2O2. The molecule has 4 nitrogen and oxygen atoms in total. The van der Waals surface area contributed by atoms with E-state index >= 15 is 0 Å². The smallest absolute Gasteiger partial charge is 0.323 e. The van der Waals surface area contributed by atoms with Crippen molar-refractivity contribution in [2.24, 2.45) is 0 Å². The number of likely N-dealkylation sites (N-methyl/N-ethyl adjacent to an activating group) is 1. The fraction of sp³-hybridized carbons (Fsp3) is 0.500. The number of carboxylic acid groups (broad SMARTS) is 1. The minimum Gasteiger partial charge on any atom is -0.480 e. The number of carboxylic acids is 1. The van der Waals surface area contributed by atoms with Crippen molar-refractivity contribution in [1.29, 1.82) is 0 Å². The van der Waals surface area contributed by atoms with E-state index in [-0.39, 0.29) is 0 Å². The molecular weight excluding hydrogens is 204 g/mol. The number of aliphatic carboxylic acids is 1. The summed E-state index contributed by atoms with van der Waals surface area (Å²) in [6.45, 7) is 4.08. The molecule has 0 saturated carbocycles. The van der Waals surface area contributed by atoms with E-state index in [4.69, 9.17) is 5.11 Å². The molecule has 0 aromatic carbocycles. The van der Waals surface area contributed by atoms with E-state index in [1.807, 2.05) is 30.1 Å². The third-order valence-corrected chi connectivity index (χ3v) is 2.91. The second-order valence-corrected chi connectivity index (χ2v) is 4.36. The molecule has 0 radical (unpaired) electrons. The van der Waals surface area contributed by atoms with Crippen LogP contribution >= 0.6 is 0 Å². The van der Waals surface area contributed by atoms with Gasteiger partial charge in [0.25, 0.3) is 0 Å². The summed E-state index contributed by atoms with van der Waals surface area (Å²) in [5.41, 5.74) is 0.143. The Morgan fingerprint density at radius 3 is 2.69 bits per heavy atom. The molecule has 1 aromatic rings. The van der Waals surface area contributed by atoms with Crippen LogP contribution in [0.3, 0.4) is 0 Å². The Kier molecular flexibility index (Phi) is 4.01. The molecule has 1 rings (SSSR count). The van der Waals surface area contributed by atoms with Crippen LogP contribution in [0.4, 0.5) is 0 Å². The van der Waals surface area contributed by atoms with Gasteiger partial charge in [-0.05, 0) is 33.0 Å². The van der Waals surface area contributed by atoms with Gasteiger partial charge in [-0.1, -0.05) is 6.07 Å². The molecule has 0 amide bonds. The van der Waals surface area contributed by atoms with Gasteiger partial charge in [0, 0.05) is 24.9 Å². The second kappa shape index (κ2) is 5.07. The zero-order valence-electron chi connectivity index (χ0n) is 9.97. The van der Waals surface area contributed by atoms with Gasteiger partial charge in [-0.2, -0.15) is 0 Å². The fourth-order valence-electron chi connectivity index (χ4n) is 1.27. The molecule has 0 spiro atoms. The number of pyridine rings is 1. The fourth-order valence-corrected chi connectivity index (χ4v) is 1.27. The quantitative estimate of drug-likeness (QED) is 0.818. The van der Waals surface area contributed by atoms with E-state index in [0.29, 0.717) is 6.54 Å². The van der Waals surface area contributed by atoms with Crippen molar-refractivity contribution in [3.63, 3.8) is 0 Å². The SMILES string of the molecule is CN(CCc1ccccn1)C(C)(C)C(=O)O. The van der Waals surface area contributed by atoms with Gasteiger partial charge in [0.2, 0.25) is 0 Å². The molecule has 88 valence electrons. The van der Waals surface area contributed by atoms with Crippen LogP contribution in [0.1, 0.15) is 19.5 Å². The predicted octanol–water partition coefficient (Wildman–Crippen LogP) is 1.42. The number of hydrogen-bond acceptors (Lipinski definition) is 3. The summed E-state index contributed by atoms with van der Waals surface area (Å²) in [5, 5.41) is 9.05. The zero-order chi connectivity index (χ0) is 12.2. The maximum Gasteiger partial charge on any atom is 0.323 e. The van der Waals surface area contributed by atoms with E-state index in [2.05, 4.69) is 4.98 Å². The minimum atomic E-state index is -0.839. The molecule has 0 fully saturated rings. The topological polar surface area (TPSA) is 53.4 Å². The van der Waals surface area contributed by atoms with Crippen LogP contribution < -0.4 is 0 Å². The van der Waals surface area contributed by atoms with Crippen molar-refractivity contribution in [3.05, 3.63) is 30.1 Å². The molecule has 1 N–H and O–H groups in total. The van der Waals surface area contributed by atoms with Crippen molar-refractivity contribution in [3.8, 4) is 0 Å². The van der Waals surface area contributed by atoms with Crippen molar-refractivity contribution in [1.82, 2.24) is 9.88 Å². The first-order valence-electron chi connectivity index (χ1n) is 5.29. The van der Waals surface area contributed by atoms with Gasteiger partial charge in [0.1, 0.15) is 5.54 Å². The third kappa shape index (κ3) is 3.03. The normalized spacial score (nSPS) is 11.8. The van der Waals surface area contributed by atoms with Gasteiger partial charge >= 0.3 is 5.97 Å². The maximum atomic E-state index is 11.0. The highest BCUT2D eigenvalue weighted by atomic mass is 16.4. The first-order chi connectivity index (χ1) is 7.44. The van der Waals surface area contributed by atoms with Gasteiger partial charge in [-0.15, -0.1) is 0 Å². The summed E-state index contributed by atoms with van der Waals surface area (Å²) >= 11 is 0. The lowest BCUT2D eigenvalue weighted by molar-refractivity contribution is -0.148. The van der Waals surface area contributed by atoms with Gasteiger partial charge in [0.05, 0.1) is 0 Å². The van der Waals surface area contributed by atoms with Gasteiger partial charge in [0.15, 0.2) is 0 Å². The summed E-state index contributed by atoms with van der Waals surface area (Å²) in [7, 11) is 1.82. The van der Waals surface area contributed by atoms with Crippen LogP contribution in [-0.4, -0.2) is 40.1 Å². The van der Waals surface area contributed by atoms with Crippen LogP contribution in [0.5, 0.6) is 0 Å². The molecule has 1 aromatic heterocycles. The molecule has 0 saturated heterocycles. The molecule has 4 heteroatoms. The van der Waals surface area contributed by atoms with Gasteiger partial charge in [-0.3, -0.25) is 14.7 Å². The first kappa shape index (κ1) is 12.6. The van der Waals surface area contributed by atoms with E-state index in [1.54, 1.807) is 20.0 Å². The predicted molar refractivity (Wildman–Crippen MR) is 62.3 cm³/mol. The number of nitrogens with zero attached hydrogens (tertiary/aromatic N) is 2. The molecule has 0 aliphatic carbocycles. The average molecular weight is 222 g/mol. The summed E-state index contributed by atoms with van der Waals surface area (Å²) in [6.07, 6.45) is 2.51. The number of carbonyl (C=O) groups is 1. The zero-order valence-corrected chi connectivity index (χ0v) is 9.97. The molecule has 1 heterocycles. The van der Waals surface area contributed by atoms with Crippen LogP contribution in [0, 0.1) is 0 Å². The molecule has 0 aliphatic rings. The molecule has 0 bridgehead atoms. The molecule has 16 heavy (non-hydrogen) atoms. The van der Waals surface area contributed by atoms with E-state index in [0.717, 1.165) is 12.1 Å². The van der Waals surface area contributed by atoms with Crippen LogP contribution in [0.25, 0.3) is 0 Å². The van der Waals surface area contributed by atoms with Crippen molar-refractivity contribution < 1.29 is 9.90 Å². The lowest BCUT2D eigenvalue weighted by atomic mass is 10.0. The largest absolute Gasteiger partial charge is 0.480 e. The Morgan fingerprint density at radius 1 is 1.50 bits per heavy atom. The second-order valence-electron chi connectivity index (χ2n) is 4.36. The van der Waals surface area contributed by atoms with Gasteiger partial charge in [-0.25, -0.2) is 0 Å². The van der Waals surface area contributed by atoms with E-state index in [1.165, 1.54) is 0 Å². The lowest BCUT2D eigenvalue weighted by Crippen LogP contribution is -2.48. The summed E-state index contributed by atoms with van der Waals surface area (Å²) in [6, 6.07) is 5.75. The third-order valence-electron chi connectivity index (χ3n) is 2.91. The molecule has 0 aliphatic heterocycles. The van der Waals surface area contributed by atoms with Crippen molar-refractivity contribution in [2.75, 3.05) is 13.6 Å². The Bertz CT molecular complexity index is 349. The highest BCUT2D eigenvalue weighted by Gasteiger charge is 2.31. The van der Waals surface area contributed by atoms with Crippen LogP contribution in [0.2, 0.25) is 0 Å². The minimum absolute atomic E-state index is 0.677. The van der Waals surface area contributed by atoms with Crippen LogP contribution in [0.15, 0.2) is 24.4 Å². The Labute approximate surface area is 95.9 Å². The monoisotopic (exact) mass is 222 g/mol. The highest BCUT2D eigenvalue weighted by Crippen LogP contribution is 2.12. The van der Waals surface area contributed by atoms with Crippen molar-refractivity contribution in [2.45, 2.75) is 25.8 Å². The molecule has 0 unspecified atom stereocenters. The van der Waals surface area contributed by atoms with E-state index in [9.17, 15) is 4.79 Å². The Hall–Kier alpha value is -1.42. The van der Waals surface area contributed by atoms with Gasteiger partial charge < -0.3 is 5.11 Å².